The van der Waals surface area contributed by atoms with Crippen LogP contribution in [0.1, 0.15) is 22.3 Å². The quantitative estimate of drug-likeness (QED) is 0.178. The molecule has 10 rings (SSSR count). The van der Waals surface area contributed by atoms with Gasteiger partial charge in [-0.25, -0.2) is 19.8 Å². The maximum atomic E-state index is 7.83. The van der Waals surface area contributed by atoms with Crippen molar-refractivity contribution in [1.82, 2.24) is 15.0 Å². The molecule has 0 saturated carbocycles. The first-order chi connectivity index (χ1) is 25.2. The molecule has 0 unspecified atom stereocenters. The Balaban J connectivity index is 1.10. The number of hydrogen-bond acceptors (Lipinski definition) is 3. The summed E-state index contributed by atoms with van der Waals surface area (Å²) in [6.07, 6.45) is 0. The Bertz CT molecular complexity index is 2590. The van der Waals surface area contributed by atoms with E-state index >= 15 is 0 Å². The minimum atomic E-state index is -0.438. The summed E-state index contributed by atoms with van der Waals surface area (Å²) in [7, 11) is 0. The SMILES string of the molecule is [C-]#[N+]c1ccc2c(c1)-c1cc(-c3ccc(-c4nc(-c5ccccc5)nc(-c5ccccc5)n4)cc3)ccc1C21c2ccccc2-c2ccccc21. The van der Waals surface area contributed by atoms with E-state index < -0.39 is 5.41 Å². The van der Waals surface area contributed by atoms with Crippen molar-refractivity contribution in [3.8, 4) is 67.5 Å². The van der Waals surface area contributed by atoms with E-state index in [-0.39, 0.29) is 0 Å². The van der Waals surface area contributed by atoms with E-state index in [1.165, 1.54) is 38.9 Å². The highest BCUT2D eigenvalue weighted by Gasteiger charge is 2.51. The number of nitrogens with zero attached hydrogens (tertiary/aromatic N) is 4. The molecule has 51 heavy (non-hydrogen) atoms. The number of aromatic nitrogens is 3. The van der Waals surface area contributed by atoms with Crippen molar-refractivity contribution in [2.24, 2.45) is 0 Å². The van der Waals surface area contributed by atoms with E-state index in [9.17, 15) is 0 Å². The molecule has 1 heterocycles. The topological polar surface area (TPSA) is 43.0 Å². The standard InChI is InChI=1S/C47H28N4/c1-48-35-25-27-43-39(29-35)38-28-34(24-26-42(38)47(43)40-18-10-8-16-36(40)37-17-9-11-19-41(37)47)30-20-22-33(23-21-30)46-50-44(31-12-4-2-5-13-31)49-45(51-46)32-14-6-3-7-15-32/h2-29H. The number of rotatable bonds is 4. The first-order valence-corrected chi connectivity index (χ1v) is 17.1. The highest BCUT2D eigenvalue weighted by molar-refractivity contribution is 5.96. The third-order valence-corrected chi connectivity index (χ3v) is 10.4. The third-order valence-electron chi connectivity index (χ3n) is 10.4. The van der Waals surface area contributed by atoms with Crippen LogP contribution in [0.2, 0.25) is 0 Å². The summed E-state index contributed by atoms with van der Waals surface area (Å²) in [5.74, 6) is 1.91. The highest BCUT2D eigenvalue weighted by atomic mass is 15.0. The summed E-state index contributed by atoms with van der Waals surface area (Å²) >= 11 is 0. The van der Waals surface area contributed by atoms with Gasteiger partial charge in [0, 0.05) is 16.7 Å². The van der Waals surface area contributed by atoms with Crippen LogP contribution in [0.15, 0.2) is 170 Å². The zero-order chi connectivity index (χ0) is 33.9. The fourth-order valence-electron chi connectivity index (χ4n) is 8.14. The molecule has 4 heteroatoms. The lowest BCUT2D eigenvalue weighted by Gasteiger charge is -2.30. The van der Waals surface area contributed by atoms with E-state index in [1.54, 1.807) is 0 Å². The minimum Gasteiger partial charge on any atom is -0.238 e. The average molecular weight is 649 g/mol. The highest BCUT2D eigenvalue weighted by Crippen LogP contribution is 2.63. The Morgan fingerprint density at radius 1 is 0.353 bits per heavy atom. The molecule has 0 radical (unpaired) electrons. The Morgan fingerprint density at radius 2 is 0.765 bits per heavy atom. The number of fused-ring (bicyclic) bond motifs is 10. The van der Waals surface area contributed by atoms with Gasteiger partial charge in [-0.3, -0.25) is 0 Å². The van der Waals surface area contributed by atoms with Crippen molar-refractivity contribution in [1.29, 1.82) is 0 Å². The van der Waals surface area contributed by atoms with E-state index in [0.717, 1.165) is 33.4 Å². The molecule has 236 valence electrons. The first kappa shape index (κ1) is 29.0. The smallest absolute Gasteiger partial charge is 0.187 e. The monoisotopic (exact) mass is 648 g/mol. The summed E-state index contributed by atoms with van der Waals surface area (Å²) in [6.45, 7) is 7.83. The van der Waals surface area contributed by atoms with Gasteiger partial charge in [-0.1, -0.05) is 158 Å². The lowest BCUT2D eigenvalue weighted by Crippen LogP contribution is -2.25. The zero-order valence-corrected chi connectivity index (χ0v) is 27.5. The van der Waals surface area contributed by atoms with Crippen molar-refractivity contribution in [2.45, 2.75) is 5.41 Å². The van der Waals surface area contributed by atoms with Gasteiger partial charge in [0.05, 0.1) is 12.0 Å². The van der Waals surface area contributed by atoms with Gasteiger partial charge in [0.1, 0.15) is 0 Å². The van der Waals surface area contributed by atoms with Gasteiger partial charge in [-0.15, -0.1) is 0 Å². The fourth-order valence-corrected chi connectivity index (χ4v) is 8.14. The Kier molecular flexibility index (Phi) is 6.43. The van der Waals surface area contributed by atoms with Crippen LogP contribution in [0.25, 0.3) is 72.4 Å². The van der Waals surface area contributed by atoms with Gasteiger partial charge >= 0.3 is 0 Å². The Morgan fingerprint density at radius 3 is 1.31 bits per heavy atom. The molecular formula is C47H28N4. The normalized spacial score (nSPS) is 12.8. The van der Waals surface area contributed by atoms with Gasteiger partial charge in [0.25, 0.3) is 0 Å². The van der Waals surface area contributed by atoms with Crippen molar-refractivity contribution < 1.29 is 0 Å². The van der Waals surface area contributed by atoms with E-state index in [0.29, 0.717) is 23.2 Å². The van der Waals surface area contributed by atoms with Crippen LogP contribution in [0.3, 0.4) is 0 Å². The van der Waals surface area contributed by atoms with Gasteiger partial charge in [0.15, 0.2) is 23.2 Å². The molecule has 4 nitrogen and oxygen atoms in total. The summed E-state index contributed by atoms with van der Waals surface area (Å²) in [4.78, 5) is 18.5. The van der Waals surface area contributed by atoms with Crippen molar-refractivity contribution in [2.75, 3.05) is 0 Å². The van der Waals surface area contributed by atoms with Crippen LogP contribution < -0.4 is 0 Å². The van der Waals surface area contributed by atoms with E-state index in [1.807, 2.05) is 66.7 Å². The van der Waals surface area contributed by atoms with Crippen molar-refractivity contribution in [3.63, 3.8) is 0 Å². The molecular weight excluding hydrogens is 621 g/mol. The third kappa shape index (κ3) is 4.35. The molecule has 0 atom stereocenters. The average Bonchev–Trinajstić information content (AvgIpc) is 3.68. The van der Waals surface area contributed by atoms with Crippen molar-refractivity contribution in [3.05, 3.63) is 204 Å². The Labute approximate surface area is 296 Å². The van der Waals surface area contributed by atoms with E-state index in [2.05, 4.69) is 108 Å². The zero-order valence-electron chi connectivity index (χ0n) is 27.5. The molecule has 0 bridgehead atoms. The fraction of sp³-hybridized carbons (Fsp3) is 0.0213. The molecule has 0 aliphatic heterocycles. The maximum absolute atomic E-state index is 7.83. The second-order valence-electron chi connectivity index (χ2n) is 13.1. The minimum absolute atomic E-state index is 0.438. The van der Waals surface area contributed by atoms with Gasteiger partial charge < -0.3 is 0 Å². The maximum Gasteiger partial charge on any atom is 0.187 e. The molecule has 7 aromatic carbocycles. The molecule has 1 spiro atoms. The van der Waals surface area contributed by atoms with Crippen LogP contribution >= 0.6 is 0 Å². The lowest BCUT2D eigenvalue weighted by molar-refractivity contribution is 0.794. The summed E-state index contributed by atoms with van der Waals surface area (Å²) in [5.41, 5.74) is 15.1. The molecule has 0 N–H and O–H groups in total. The molecule has 2 aliphatic rings. The molecule has 0 saturated heterocycles. The first-order valence-electron chi connectivity index (χ1n) is 17.1. The molecule has 0 amide bonds. The van der Waals surface area contributed by atoms with Crippen LogP contribution in [-0.4, -0.2) is 15.0 Å². The molecule has 1 aromatic heterocycles. The second-order valence-corrected chi connectivity index (χ2v) is 13.1. The predicted molar refractivity (Wildman–Crippen MR) is 204 cm³/mol. The predicted octanol–water partition coefficient (Wildman–Crippen LogP) is 11.4. The summed E-state index contributed by atoms with van der Waals surface area (Å²) < 4.78 is 0. The number of hydrogen-bond donors (Lipinski definition) is 0. The largest absolute Gasteiger partial charge is 0.238 e. The van der Waals surface area contributed by atoms with Gasteiger partial charge in [-0.05, 0) is 67.8 Å². The molecule has 2 aliphatic carbocycles. The van der Waals surface area contributed by atoms with E-state index in [4.69, 9.17) is 21.5 Å². The molecule has 0 fully saturated rings. The van der Waals surface area contributed by atoms with Crippen LogP contribution in [0.5, 0.6) is 0 Å². The van der Waals surface area contributed by atoms with Crippen LogP contribution in [0, 0.1) is 6.57 Å². The van der Waals surface area contributed by atoms with Crippen molar-refractivity contribution >= 4 is 5.69 Å². The number of benzene rings is 7. The lowest BCUT2D eigenvalue weighted by atomic mass is 9.70. The Hall–Kier alpha value is -6.96. The second kappa shape index (κ2) is 11.3. The van der Waals surface area contributed by atoms with Gasteiger partial charge in [0.2, 0.25) is 0 Å². The molecule has 8 aromatic rings. The van der Waals surface area contributed by atoms with Crippen LogP contribution in [0.4, 0.5) is 5.69 Å². The summed E-state index contributed by atoms with van der Waals surface area (Å²) in [5, 5.41) is 0. The van der Waals surface area contributed by atoms with Gasteiger partial charge in [-0.2, -0.15) is 0 Å². The van der Waals surface area contributed by atoms with Crippen LogP contribution in [-0.2, 0) is 5.41 Å². The summed E-state index contributed by atoms with van der Waals surface area (Å²) in [6, 6.07) is 59.2.